The molecule has 5 nitrogen and oxygen atoms in total. The second-order valence-electron chi connectivity index (χ2n) is 6.93. The molecule has 142 valence electrons. The second-order valence-corrected chi connectivity index (χ2v) is 10.2. The van der Waals surface area contributed by atoms with E-state index >= 15 is 0 Å². The maximum Gasteiger partial charge on any atom is 0.217 e. The highest BCUT2D eigenvalue weighted by Crippen LogP contribution is 2.28. The van der Waals surface area contributed by atoms with Crippen LogP contribution < -0.4 is 4.74 Å². The SMILES string of the molecule is Cc1ncsc1CCOc1ccc(CN2[C@@H](C)CCC(C)S2(=O)=O)cc1. The van der Waals surface area contributed by atoms with Crippen LogP contribution in [0.3, 0.4) is 0 Å². The lowest BCUT2D eigenvalue weighted by Gasteiger charge is -2.36. The summed E-state index contributed by atoms with van der Waals surface area (Å²) in [5.74, 6) is 0.804. The Morgan fingerprint density at radius 2 is 1.96 bits per heavy atom. The molecule has 26 heavy (non-hydrogen) atoms. The van der Waals surface area contributed by atoms with Crippen LogP contribution in [0.15, 0.2) is 29.8 Å². The molecule has 2 aromatic rings. The first-order valence-corrected chi connectivity index (χ1v) is 11.4. The molecule has 1 aromatic heterocycles. The van der Waals surface area contributed by atoms with Gasteiger partial charge in [0.1, 0.15) is 5.75 Å². The lowest BCUT2D eigenvalue weighted by molar-refractivity contribution is 0.284. The van der Waals surface area contributed by atoms with Crippen LogP contribution >= 0.6 is 11.3 Å². The van der Waals surface area contributed by atoms with Gasteiger partial charge >= 0.3 is 0 Å². The Labute approximate surface area is 160 Å². The van der Waals surface area contributed by atoms with Gasteiger partial charge in [0.05, 0.1) is 23.1 Å². The molecule has 1 aromatic carbocycles. The first kappa shape index (κ1) is 19.3. The van der Waals surface area contributed by atoms with Gasteiger partial charge in [0, 0.05) is 23.9 Å². The van der Waals surface area contributed by atoms with E-state index in [-0.39, 0.29) is 11.3 Å². The minimum atomic E-state index is -3.21. The minimum absolute atomic E-state index is 0.0507. The lowest BCUT2D eigenvalue weighted by Crippen LogP contribution is -2.46. The Morgan fingerprint density at radius 1 is 1.23 bits per heavy atom. The first-order valence-electron chi connectivity index (χ1n) is 8.99. The monoisotopic (exact) mass is 394 g/mol. The van der Waals surface area contributed by atoms with Crippen molar-refractivity contribution in [3.8, 4) is 5.75 Å². The van der Waals surface area contributed by atoms with Crippen LogP contribution in [0, 0.1) is 6.92 Å². The third-order valence-electron chi connectivity index (χ3n) is 5.02. The molecule has 0 bridgehead atoms. The molecular weight excluding hydrogens is 368 g/mol. The van der Waals surface area contributed by atoms with Crippen molar-refractivity contribution in [2.24, 2.45) is 0 Å². The van der Waals surface area contributed by atoms with E-state index in [1.54, 1.807) is 22.6 Å². The van der Waals surface area contributed by atoms with E-state index in [2.05, 4.69) is 4.98 Å². The third kappa shape index (κ3) is 4.27. The summed E-state index contributed by atoms with van der Waals surface area (Å²) < 4.78 is 32.6. The molecule has 7 heteroatoms. The normalized spacial score (nSPS) is 23.0. The Morgan fingerprint density at radius 3 is 2.62 bits per heavy atom. The molecule has 1 aliphatic heterocycles. The van der Waals surface area contributed by atoms with Crippen molar-refractivity contribution in [3.63, 3.8) is 0 Å². The molecule has 1 saturated heterocycles. The second kappa shape index (κ2) is 8.06. The predicted molar refractivity (Wildman–Crippen MR) is 105 cm³/mol. The van der Waals surface area contributed by atoms with E-state index in [0.29, 0.717) is 13.2 Å². The van der Waals surface area contributed by atoms with Crippen LogP contribution in [0.5, 0.6) is 5.75 Å². The van der Waals surface area contributed by atoms with Crippen molar-refractivity contribution in [1.82, 2.24) is 9.29 Å². The van der Waals surface area contributed by atoms with Gasteiger partial charge in [0.15, 0.2) is 0 Å². The van der Waals surface area contributed by atoms with Gasteiger partial charge in [0.2, 0.25) is 10.0 Å². The molecule has 1 fully saturated rings. The summed E-state index contributed by atoms with van der Waals surface area (Å²) in [6.07, 6.45) is 2.50. The molecule has 1 aliphatic rings. The number of thiazole rings is 1. The summed E-state index contributed by atoms with van der Waals surface area (Å²) in [6.45, 7) is 6.83. The van der Waals surface area contributed by atoms with Gasteiger partial charge in [-0.15, -0.1) is 11.3 Å². The van der Waals surface area contributed by atoms with E-state index in [9.17, 15) is 8.42 Å². The number of hydrogen-bond donors (Lipinski definition) is 0. The van der Waals surface area contributed by atoms with E-state index in [4.69, 9.17) is 4.74 Å². The molecule has 3 rings (SSSR count). The molecule has 0 amide bonds. The van der Waals surface area contributed by atoms with Crippen molar-refractivity contribution in [1.29, 1.82) is 0 Å². The summed E-state index contributed by atoms with van der Waals surface area (Å²) in [7, 11) is -3.21. The zero-order valence-corrected chi connectivity index (χ0v) is 17.1. The van der Waals surface area contributed by atoms with Crippen LogP contribution in [0.25, 0.3) is 0 Å². The molecule has 1 unspecified atom stereocenters. The Bertz CT molecular complexity index is 831. The largest absolute Gasteiger partial charge is 0.493 e. The Kier molecular flexibility index (Phi) is 5.99. The predicted octanol–water partition coefficient (Wildman–Crippen LogP) is 3.78. The summed E-state index contributed by atoms with van der Waals surface area (Å²) in [5, 5.41) is -0.295. The zero-order chi connectivity index (χ0) is 18.7. The van der Waals surface area contributed by atoms with Crippen molar-refractivity contribution >= 4 is 21.4 Å². The molecule has 0 spiro atoms. The number of ether oxygens (including phenoxy) is 1. The van der Waals surface area contributed by atoms with Gasteiger partial charge in [-0.1, -0.05) is 12.1 Å². The van der Waals surface area contributed by atoms with E-state index < -0.39 is 10.0 Å². The lowest BCUT2D eigenvalue weighted by atomic mass is 10.1. The molecule has 2 atom stereocenters. The van der Waals surface area contributed by atoms with Gasteiger partial charge in [-0.05, 0) is 51.3 Å². The Balaban J connectivity index is 1.58. The number of aromatic nitrogens is 1. The van der Waals surface area contributed by atoms with Gasteiger partial charge in [0.25, 0.3) is 0 Å². The van der Waals surface area contributed by atoms with Gasteiger partial charge in [-0.3, -0.25) is 0 Å². The standard InChI is InChI=1S/C19H26N2O3S2/c1-14-4-5-15(2)26(22,23)21(14)12-17-6-8-18(9-7-17)24-11-10-19-16(3)20-13-25-19/h6-9,13-15H,4-5,10-12H2,1-3H3/t14-,15?/m0/s1. The number of sulfonamides is 1. The van der Waals surface area contributed by atoms with Gasteiger partial charge in [-0.25, -0.2) is 13.4 Å². The molecule has 0 saturated carbocycles. The molecule has 0 aliphatic carbocycles. The minimum Gasteiger partial charge on any atom is -0.493 e. The van der Waals surface area contributed by atoms with Crippen LogP contribution in [0.1, 0.15) is 42.8 Å². The molecule has 0 N–H and O–H groups in total. The first-order chi connectivity index (χ1) is 12.4. The average molecular weight is 395 g/mol. The topological polar surface area (TPSA) is 59.5 Å². The molecular formula is C19H26N2O3S2. The molecule has 0 radical (unpaired) electrons. The summed E-state index contributed by atoms with van der Waals surface area (Å²) in [6, 6.07) is 7.79. The van der Waals surface area contributed by atoms with Crippen LogP contribution in [-0.2, 0) is 23.0 Å². The van der Waals surface area contributed by atoms with Crippen LogP contribution in [-0.4, -0.2) is 35.6 Å². The fourth-order valence-electron chi connectivity index (χ4n) is 3.20. The van der Waals surface area contributed by atoms with Crippen LogP contribution in [0.2, 0.25) is 0 Å². The quantitative estimate of drug-likeness (QED) is 0.748. The van der Waals surface area contributed by atoms with Crippen molar-refractivity contribution < 1.29 is 13.2 Å². The van der Waals surface area contributed by atoms with E-state index in [0.717, 1.165) is 36.3 Å². The van der Waals surface area contributed by atoms with E-state index in [1.165, 1.54) is 4.88 Å². The fourth-order valence-corrected chi connectivity index (χ4v) is 5.79. The van der Waals surface area contributed by atoms with Crippen molar-refractivity contribution in [2.75, 3.05) is 6.61 Å². The highest BCUT2D eigenvalue weighted by molar-refractivity contribution is 7.89. The van der Waals surface area contributed by atoms with Crippen molar-refractivity contribution in [3.05, 3.63) is 45.9 Å². The number of hydrogen-bond acceptors (Lipinski definition) is 5. The highest BCUT2D eigenvalue weighted by Gasteiger charge is 2.36. The molecule has 2 heterocycles. The van der Waals surface area contributed by atoms with Crippen molar-refractivity contribution in [2.45, 2.75) is 57.9 Å². The van der Waals surface area contributed by atoms with E-state index in [1.807, 2.05) is 43.6 Å². The number of aryl methyl sites for hydroxylation is 1. The van der Waals surface area contributed by atoms with Gasteiger partial charge < -0.3 is 4.74 Å². The summed E-state index contributed by atoms with van der Waals surface area (Å²) >= 11 is 1.65. The zero-order valence-electron chi connectivity index (χ0n) is 15.5. The van der Waals surface area contributed by atoms with Crippen LogP contribution in [0.4, 0.5) is 0 Å². The summed E-state index contributed by atoms with van der Waals surface area (Å²) in [4.78, 5) is 5.49. The number of nitrogens with zero attached hydrogens (tertiary/aromatic N) is 2. The maximum absolute atomic E-state index is 12.6. The smallest absolute Gasteiger partial charge is 0.217 e. The highest BCUT2D eigenvalue weighted by atomic mass is 32.2. The number of benzene rings is 1. The summed E-state index contributed by atoms with van der Waals surface area (Å²) in [5.41, 5.74) is 3.91. The van der Waals surface area contributed by atoms with Gasteiger partial charge in [-0.2, -0.15) is 4.31 Å². The maximum atomic E-state index is 12.6. The number of rotatable bonds is 6. The third-order valence-corrected chi connectivity index (χ3v) is 8.41. The average Bonchev–Trinajstić information content (AvgIpc) is 3.02. The fraction of sp³-hybridized carbons (Fsp3) is 0.526. The Hall–Kier alpha value is -1.44.